The van der Waals surface area contributed by atoms with Crippen molar-refractivity contribution in [3.8, 4) is 0 Å². The Morgan fingerprint density at radius 2 is 1.84 bits per heavy atom. The van der Waals surface area contributed by atoms with Crippen LogP contribution >= 0.6 is 0 Å². The molecular weight excluding hydrogens is 420 g/mol. The highest BCUT2D eigenvalue weighted by molar-refractivity contribution is 5.83. The fourth-order valence-corrected chi connectivity index (χ4v) is 3.27. The molecule has 0 bridgehead atoms. The summed E-state index contributed by atoms with van der Waals surface area (Å²) in [6.45, 7) is 3.26. The molecule has 3 aromatic rings. The van der Waals surface area contributed by atoms with Gasteiger partial charge in [0.2, 0.25) is 5.91 Å². The number of carbonyl (C=O) groups excluding carboxylic acids is 1. The third-order valence-corrected chi connectivity index (χ3v) is 4.65. The summed E-state index contributed by atoms with van der Waals surface area (Å²) in [6, 6.07) is 0.475. The highest BCUT2D eigenvalue weighted by Gasteiger charge is 2.40. The highest BCUT2D eigenvalue weighted by Crippen LogP contribution is 2.26. The van der Waals surface area contributed by atoms with E-state index in [1.807, 2.05) is 0 Å². The van der Waals surface area contributed by atoms with E-state index in [-0.39, 0.29) is 16.6 Å². The molecule has 2 N–H and O–H groups in total. The number of alkyl halides is 1. The van der Waals surface area contributed by atoms with Crippen molar-refractivity contribution >= 4 is 16.8 Å². The minimum absolute atomic E-state index is 0.00873. The number of carbonyl (C=O) groups is 1. The lowest BCUT2D eigenvalue weighted by Crippen LogP contribution is -2.51. The van der Waals surface area contributed by atoms with E-state index in [4.69, 9.17) is 0 Å². The maximum Gasteiger partial charge on any atom is 0.329 e. The Labute approximate surface area is 172 Å². The SMILES string of the molecule is C[C@H](NC(=O)[C@H](n1c(=O)[nH]c2ccc(F)cc2c1=O)C(C)(C)F)c1ncc(F)cc1F. The maximum atomic E-state index is 15.0. The molecule has 0 aliphatic carbocycles. The van der Waals surface area contributed by atoms with Gasteiger partial charge in [0.1, 0.15) is 23.1 Å². The summed E-state index contributed by atoms with van der Waals surface area (Å²) < 4.78 is 56.0. The summed E-state index contributed by atoms with van der Waals surface area (Å²) in [5, 5.41) is 2.02. The predicted octanol–water partition coefficient (Wildman–Crippen LogP) is 2.67. The van der Waals surface area contributed by atoms with E-state index in [0.29, 0.717) is 10.6 Å². The summed E-state index contributed by atoms with van der Waals surface area (Å²) >= 11 is 0. The van der Waals surface area contributed by atoms with Crippen molar-refractivity contribution in [1.82, 2.24) is 19.9 Å². The first-order chi connectivity index (χ1) is 14.4. The number of benzene rings is 1. The average Bonchev–Trinajstić information content (AvgIpc) is 2.64. The molecule has 7 nitrogen and oxygen atoms in total. The Kier molecular flexibility index (Phi) is 5.70. The zero-order chi connectivity index (χ0) is 23.1. The number of hydrogen-bond acceptors (Lipinski definition) is 4. The summed E-state index contributed by atoms with van der Waals surface area (Å²) in [7, 11) is 0. The molecule has 0 unspecified atom stereocenters. The molecular formula is C20H18F4N4O3. The third-order valence-electron chi connectivity index (χ3n) is 4.65. The molecule has 164 valence electrons. The van der Waals surface area contributed by atoms with Crippen LogP contribution in [-0.2, 0) is 4.79 Å². The Bertz CT molecular complexity index is 1280. The third kappa shape index (κ3) is 4.35. The number of hydrogen-bond donors (Lipinski definition) is 2. The Hall–Kier alpha value is -3.50. The van der Waals surface area contributed by atoms with Crippen molar-refractivity contribution in [2.75, 3.05) is 0 Å². The van der Waals surface area contributed by atoms with Gasteiger partial charge in [0.05, 0.1) is 28.8 Å². The molecule has 1 aromatic carbocycles. The summed E-state index contributed by atoms with van der Waals surface area (Å²) in [6.07, 6.45) is 0.741. The van der Waals surface area contributed by atoms with Crippen molar-refractivity contribution in [2.24, 2.45) is 0 Å². The monoisotopic (exact) mass is 438 g/mol. The van der Waals surface area contributed by atoms with Crippen molar-refractivity contribution in [1.29, 1.82) is 0 Å². The van der Waals surface area contributed by atoms with E-state index in [9.17, 15) is 27.6 Å². The molecule has 11 heteroatoms. The quantitative estimate of drug-likeness (QED) is 0.599. The second-order valence-electron chi connectivity index (χ2n) is 7.51. The van der Waals surface area contributed by atoms with E-state index in [2.05, 4.69) is 15.3 Å². The number of rotatable bonds is 5. The van der Waals surface area contributed by atoms with Crippen molar-refractivity contribution in [3.05, 3.63) is 74.4 Å². The van der Waals surface area contributed by atoms with Crippen LogP contribution in [0.2, 0.25) is 0 Å². The Balaban J connectivity index is 2.08. The van der Waals surface area contributed by atoms with Crippen LogP contribution in [0.25, 0.3) is 10.9 Å². The number of aromatic amines is 1. The fourth-order valence-electron chi connectivity index (χ4n) is 3.27. The second-order valence-corrected chi connectivity index (χ2v) is 7.51. The van der Waals surface area contributed by atoms with Gasteiger partial charge >= 0.3 is 5.69 Å². The molecule has 0 aliphatic rings. The summed E-state index contributed by atoms with van der Waals surface area (Å²) in [4.78, 5) is 44.2. The average molecular weight is 438 g/mol. The molecule has 2 aromatic heterocycles. The number of fused-ring (bicyclic) bond motifs is 1. The van der Waals surface area contributed by atoms with Gasteiger partial charge in [-0.1, -0.05) is 0 Å². The molecule has 31 heavy (non-hydrogen) atoms. The van der Waals surface area contributed by atoms with Crippen molar-refractivity contribution in [3.63, 3.8) is 0 Å². The summed E-state index contributed by atoms with van der Waals surface area (Å²) in [5.41, 5.74) is -4.92. The lowest BCUT2D eigenvalue weighted by Gasteiger charge is -2.28. The molecule has 0 spiro atoms. The molecule has 0 radical (unpaired) electrons. The zero-order valence-electron chi connectivity index (χ0n) is 16.7. The first-order valence-corrected chi connectivity index (χ1v) is 9.14. The van der Waals surface area contributed by atoms with Gasteiger partial charge in [-0.3, -0.25) is 14.6 Å². The standard InChI is InChI=1S/C20H18F4N4O3/c1-9(15-13(23)7-11(22)8-25-15)26-17(29)16(20(2,3)24)28-18(30)12-6-10(21)4-5-14(12)27-19(28)31/h4-9,16H,1-3H3,(H,26,29)(H,27,31)/t9-,16-/m0/s1. The molecule has 0 aliphatic heterocycles. The minimum atomic E-state index is -2.43. The van der Waals surface area contributed by atoms with Gasteiger partial charge in [-0.25, -0.2) is 26.9 Å². The molecule has 0 saturated carbocycles. The van der Waals surface area contributed by atoms with E-state index in [1.165, 1.54) is 13.0 Å². The fraction of sp³-hybridized carbons (Fsp3) is 0.300. The highest BCUT2D eigenvalue weighted by atomic mass is 19.1. The number of amides is 1. The smallest absolute Gasteiger partial charge is 0.329 e. The largest absolute Gasteiger partial charge is 0.346 e. The number of halogens is 4. The normalized spacial score (nSPS) is 13.8. The Morgan fingerprint density at radius 1 is 1.16 bits per heavy atom. The second kappa shape index (κ2) is 7.97. The molecule has 1 amide bonds. The van der Waals surface area contributed by atoms with Crippen LogP contribution in [0.4, 0.5) is 17.6 Å². The van der Waals surface area contributed by atoms with Crippen LogP contribution in [0, 0.1) is 17.5 Å². The molecule has 2 heterocycles. The van der Waals surface area contributed by atoms with Gasteiger partial charge in [0.25, 0.3) is 5.56 Å². The van der Waals surface area contributed by atoms with Crippen LogP contribution in [-0.4, -0.2) is 26.1 Å². The first kappa shape index (κ1) is 22.2. The molecule has 0 fully saturated rings. The van der Waals surface area contributed by atoms with E-state index in [1.54, 1.807) is 0 Å². The van der Waals surface area contributed by atoms with E-state index < -0.39 is 52.4 Å². The van der Waals surface area contributed by atoms with E-state index >= 15 is 4.39 Å². The summed E-state index contributed by atoms with van der Waals surface area (Å²) in [5.74, 6) is -3.87. The van der Waals surface area contributed by atoms with Crippen molar-refractivity contribution in [2.45, 2.75) is 38.5 Å². The van der Waals surface area contributed by atoms with Crippen LogP contribution < -0.4 is 16.6 Å². The topological polar surface area (TPSA) is 96.9 Å². The lowest BCUT2D eigenvalue weighted by atomic mass is 9.98. The number of aromatic nitrogens is 3. The molecule has 3 rings (SSSR count). The maximum absolute atomic E-state index is 15.0. The first-order valence-electron chi connectivity index (χ1n) is 9.14. The number of H-pyrrole nitrogens is 1. The van der Waals surface area contributed by atoms with E-state index in [0.717, 1.165) is 32.2 Å². The predicted molar refractivity (Wildman–Crippen MR) is 104 cm³/mol. The number of nitrogens with zero attached hydrogens (tertiary/aromatic N) is 2. The molecule has 2 atom stereocenters. The van der Waals surface area contributed by atoms with Gasteiger partial charge in [-0.15, -0.1) is 0 Å². The minimum Gasteiger partial charge on any atom is -0.346 e. The molecule has 0 saturated heterocycles. The Morgan fingerprint density at radius 3 is 2.45 bits per heavy atom. The van der Waals surface area contributed by atoms with Gasteiger partial charge in [0, 0.05) is 6.07 Å². The van der Waals surface area contributed by atoms with Crippen LogP contribution in [0.15, 0.2) is 40.1 Å². The van der Waals surface area contributed by atoms with Gasteiger partial charge < -0.3 is 10.3 Å². The van der Waals surface area contributed by atoms with Crippen LogP contribution in [0.1, 0.15) is 38.5 Å². The number of nitrogens with one attached hydrogen (secondary N) is 2. The van der Waals surface area contributed by atoms with Crippen LogP contribution in [0.5, 0.6) is 0 Å². The zero-order valence-corrected chi connectivity index (χ0v) is 16.7. The van der Waals surface area contributed by atoms with Gasteiger partial charge in [-0.2, -0.15) is 0 Å². The van der Waals surface area contributed by atoms with Crippen LogP contribution in [0.3, 0.4) is 0 Å². The van der Waals surface area contributed by atoms with Gasteiger partial charge in [-0.05, 0) is 39.0 Å². The lowest BCUT2D eigenvalue weighted by molar-refractivity contribution is -0.129. The van der Waals surface area contributed by atoms with Crippen molar-refractivity contribution < 1.29 is 22.4 Å². The van der Waals surface area contributed by atoms with Gasteiger partial charge in [0.15, 0.2) is 6.04 Å². The number of pyridine rings is 1.